The summed E-state index contributed by atoms with van der Waals surface area (Å²) in [6.45, 7) is 2.52. The smallest absolute Gasteiger partial charge is 0.290 e. The molecule has 1 amide bonds. The third-order valence-electron chi connectivity index (χ3n) is 5.19. The standard InChI is InChI=1S/C22H19ClFNO4/c1-12-10-17-14(11-15(12)23)20(26)18-19(13-6-3-4-7-16(13)24)25(8-5-9-28-2)22(27)21(18)29-17/h3-4,6-7,10-11,19H,5,8-9H2,1-2H3. The van der Waals surface area contributed by atoms with Crippen molar-refractivity contribution < 1.29 is 18.3 Å². The number of benzene rings is 2. The molecule has 1 unspecified atom stereocenters. The van der Waals surface area contributed by atoms with E-state index in [2.05, 4.69) is 0 Å². The van der Waals surface area contributed by atoms with E-state index in [-0.39, 0.29) is 33.3 Å². The molecule has 29 heavy (non-hydrogen) atoms. The number of halogens is 2. The zero-order chi connectivity index (χ0) is 20.7. The summed E-state index contributed by atoms with van der Waals surface area (Å²) in [4.78, 5) is 28.0. The topological polar surface area (TPSA) is 59.8 Å². The molecule has 3 aromatic rings. The molecule has 0 aliphatic carbocycles. The predicted molar refractivity (Wildman–Crippen MR) is 108 cm³/mol. The van der Waals surface area contributed by atoms with E-state index in [1.165, 1.54) is 17.0 Å². The number of ether oxygens (including phenoxy) is 1. The van der Waals surface area contributed by atoms with E-state index >= 15 is 0 Å². The van der Waals surface area contributed by atoms with Gasteiger partial charge in [0.05, 0.1) is 17.0 Å². The molecule has 150 valence electrons. The van der Waals surface area contributed by atoms with Crippen LogP contribution in [0.4, 0.5) is 4.39 Å². The molecule has 4 rings (SSSR count). The van der Waals surface area contributed by atoms with Crippen molar-refractivity contribution >= 4 is 28.5 Å². The van der Waals surface area contributed by atoms with E-state index in [4.69, 9.17) is 20.8 Å². The van der Waals surface area contributed by atoms with Gasteiger partial charge in [-0.1, -0.05) is 29.8 Å². The number of methoxy groups -OCH3 is 1. The summed E-state index contributed by atoms with van der Waals surface area (Å²) in [6, 6.07) is 8.45. The highest BCUT2D eigenvalue weighted by atomic mass is 35.5. The van der Waals surface area contributed by atoms with E-state index in [0.29, 0.717) is 24.6 Å². The Labute approximate surface area is 171 Å². The van der Waals surface area contributed by atoms with Crippen LogP contribution >= 0.6 is 11.6 Å². The van der Waals surface area contributed by atoms with Gasteiger partial charge in [0, 0.05) is 30.8 Å². The van der Waals surface area contributed by atoms with Gasteiger partial charge in [-0.25, -0.2) is 4.39 Å². The first kappa shape index (κ1) is 19.6. The number of hydrogen-bond acceptors (Lipinski definition) is 4. The van der Waals surface area contributed by atoms with Gasteiger partial charge in [0.1, 0.15) is 11.4 Å². The molecule has 1 aromatic heterocycles. The number of nitrogens with zero attached hydrogens (tertiary/aromatic N) is 1. The van der Waals surface area contributed by atoms with Crippen molar-refractivity contribution in [1.29, 1.82) is 0 Å². The quantitative estimate of drug-likeness (QED) is 0.577. The molecule has 1 atom stereocenters. The molecule has 1 aliphatic rings. The van der Waals surface area contributed by atoms with Crippen molar-refractivity contribution in [3.05, 3.63) is 79.9 Å². The lowest BCUT2D eigenvalue weighted by atomic mass is 9.97. The number of carbonyl (C=O) groups excluding carboxylic acids is 1. The van der Waals surface area contributed by atoms with Crippen molar-refractivity contribution in [3.63, 3.8) is 0 Å². The molecule has 7 heteroatoms. The van der Waals surface area contributed by atoms with Crippen molar-refractivity contribution in [3.8, 4) is 0 Å². The average molecular weight is 416 g/mol. The van der Waals surface area contributed by atoms with Crippen LogP contribution in [0.15, 0.2) is 45.6 Å². The normalized spacial score (nSPS) is 15.9. The third-order valence-corrected chi connectivity index (χ3v) is 5.60. The average Bonchev–Trinajstić information content (AvgIpc) is 2.97. The molecule has 0 saturated heterocycles. The van der Waals surface area contributed by atoms with Crippen molar-refractivity contribution in [2.45, 2.75) is 19.4 Å². The van der Waals surface area contributed by atoms with Gasteiger partial charge in [-0.2, -0.15) is 0 Å². The highest BCUT2D eigenvalue weighted by molar-refractivity contribution is 6.32. The van der Waals surface area contributed by atoms with Gasteiger partial charge < -0.3 is 14.1 Å². The van der Waals surface area contributed by atoms with Crippen LogP contribution < -0.4 is 5.43 Å². The summed E-state index contributed by atoms with van der Waals surface area (Å²) in [5, 5.41) is 0.695. The molecule has 0 spiro atoms. The lowest BCUT2D eigenvalue weighted by Gasteiger charge is -2.25. The second-order valence-electron chi connectivity index (χ2n) is 7.04. The van der Waals surface area contributed by atoms with Gasteiger partial charge in [0.15, 0.2) is 5.43 Å². The molecule has 0 bridgehead atoms. The Balaban J connectivity index is 1.96. The van der Waals surface area contributed by atoms with Crippen LogP contribution in [-0.4, -0.2) is 31.1 Å². The first-order valence-electron chi connectivity index (χ1n) is 9.25. The van der Waals surface area contributed by atoms with E-state index in [1.807, 2.05) is 0 Å². The Morgan fingerprint density at radius 3 is 2.72 bits per heavy atom. The van der Waals surface area contributed by atoms with Gasteiger partial charge in [-0.15, -0.1) is 0 Å². The Bertz CT molecular complexity index is 1170. The lowest BCUT2D eigenvalue weighted by molar-refractivity contribution is 0.0706. The lowest BCUT2D eigenvalue weighted by Crippen LogP contribution is -2.31. The summed E-state index contributed by atoms with van der Waals surface area (Å²) < 4.78 is 25.6. The molecule has 0 fully saturated rings. The number of aryl methyl sites for hydroxylation is 1. The van der Waals surface area contributed by atoms with Crippen LogP contribution in [0.2, 0.25) is 5.02 Å². The minimum Gasteiger partial charge on any atom is -0.450 e. The highest BCUT2D eigenvalue weighted by Gasteiger charge is 2.43. The van der Waals surface area contributed by atoms with Gasteiger partial charge >= 0.3 is 0 Å². The molecule has 2 heterocycles. The van der Waals surface area contributed by atoms with Crippen LogP contribution in [0.1, 0.15) is 39.7 Å². The van der Waals surface area contributed by atoms with E-state index in [0.717, 1.165) is 5.56 Å². The molecular weight excluding hydrogens is 397 g/mol. The van der Waals surface area contributed by atoms with Crippen LogP contribution in [0.5, 0.6) is 0 Å². The maximum Gasteiger partial charge on any atom is 0.290 e. The fraction of sp³-hybridized carbons (Fsp3) is 0.273. The fourth-order valence-corrected chi connectivity index (χ4v) is 3.93. The summed E-state index contributed by atoms with van der Waals surface area (Å²) >= 11 is 6.20. The van der Waals surface area contributed by atoms with E-state index < -0.39 is 17.8 Å². The number of carbonyl (C=O) groups is 1. The fourth-order valence-electron chi connectivity index (χ4n) is 3.77. The minimum absolute atomic E-state index is 0.0464. The number of amides is 1. The van der Waals surface area contributed by atoms with Gasteiger partial charge in [-0.05, 0) is 37.1 Å². The number of rotatable bonds is 5. The minimum atomic E-state index is -0.865. The third kappa shape index (κ3) is 3.22. The maximum atomic E-state index is 14.7. The predicted octanol–water partition coefficient (Wildman–Crippen LogP) is 4.48. The monoisotopic (exact) mass is 415 g/mol. The van der Waals surface area contributed by atoms with Gasteiger partial charge in [0.2, 0.25) is 5.76 Å². The molecular formula is C22H19ClFNO4. The summed E-state index contributed by atoms with van der Waals surface area (Å²) in [7, 11) is 1.57. The Morgan fingerprint density at radius 1 is 1.24 bits per heavy atom. The zero-order valence-electron chi connectivity index (χ0n) is 16.0. The van der Waals surface area contributed by atoms with Gasteiger partial charge in [0.25, 0.3) is 5.91 Å². The molecule has 0 N–H and O–H groups in total. The molecule has 2 aromatic carbocycles. The zero-order valence-corrected chi connectivity index (χ0v) is 16.8. The van der Waals surface area contributed by atoms with Crippen LogP contribution in [0.25, 0.3) is 11.0 Å². The summed E-state index contributed by atoms with van der Waals surface area (Å²) in [5.74, 6) is -0.970. The number of hydrogen-bond donors (Lipinski definition) is 0. The largest absolute Gasteiger partial charge is 0.450 e. The first-order chi connectivity index (χ1) is 13.9. The van der Waals surface area contributed by atoms with Crippen LogP contribution in [0, 0.1) is 12.7 Å². The van der Waals surface area contributed by atoms with E-state index in [1.54, 1.807) is 38.3 Å². The molecule has 0 saturated carbocycles. The van der Waals surface area contributed by atoms with Crippen LogP contribution in [0.3, 0.4) is 0 Å². The Hall–Kier alpha value is -2.70. The van der Waals surface area contributed by atoms with Crippen molar-refractivity contribution in [2.24, 2.45) is 0 Å². The van der Waals surface area contributed by atoms with Crippen LogP contribution in [-0.2, 0) is 4.74 Å². The Kier molecular flexibility index (Phi) is 5.15. The second-order valence-corrected chi connectivity index (χ2v) is 7.45. The SMILES string of the molecule is COCCCN1C(=O)c2oc3cc(C)c(Cl)cc3c(=O)c2C1c1ccccc1F. The number of fused-ring (bicyclic) bond motifs is 2. The first-order valence-corrected chi connectivity index (χ1v) is 9.63. The van der Waals surface area contributed by atoms with Gasteiger partial charge in [-0.3, -0.25) is 9.59 Å². The van der Waals surface area contributed by atoms with Crippen molar-refractivity contribution in [2.75, 3.05) is 20.3 Å². The second kappa shape index (κ2) is 7.61. The molecule has 0 radical (unpaired) electrons. The summed E-state index contributed by atoms with van der Waals surface area (Å²) in [5.41, 5.74) is 1.04. The van der Waals surface area contributed by atoms with E-state index in [9.17, 15) is 14.0 Å². The highest BCUT2D eigenvalue weighted by Crippen LogP contribution is 2.39. The Morgan fingerprint density at radius 2 is 2.00 bits per heavy atom. The van der Waals surface area contributed by atoms with Crippen molar-refractivity contribution in [1.82, 2.24) is 4.90 Å². The molecule has 5 nitrogen and oxygen atoms in total. The maximum absolute atomic E-state index is 14.7. The summed E-state index contributed by atoms with van der Waals surface area (Å²) in [6.07, 6.45) is 0.541. The molecule has 1 aliphatic heterocycles.